The van der Waals surface area contributed by atoms with Crippen molar-refractivity contribution in [3.63, 3.8) is 0 Å². The van der Waals surface area contributed by atoms with Crippen LogP contribution in [-0.4, -0.2) is 45.7 Å². The molecule has 1 aliphatic heterocycles. The van der Waals surface area contributed by atoms with Crippen molar-refractivity contribution < 1.29 is 29.2 Å². The molecule has 1 aromatic carbocycles. The molecule has 0 amide bonds. The Kier molecular flexibility index (Phi) is 4.82. The predicted octanol–water partition coefficient (Wildman–Crippen LogP) is 1.26. The number of hydrogen-bond donors (Lipinski definition) is 2. The van der Waals surface area contributed by atoms with Gasteiger partial charge in [-0.3, -0.25) is 4.79 Å². The minimum Gasteiger partial charge on any atom is -0.497 e. The minimum atomic E-state index is -1.26. The number of rotatable bonds is 5. The third-order valence-corrected chi connectivity index (χ3v) is 6.07. The monoisotopic (exact) mass is 434 g/mol. The molecule has 2 N–H and O–H groups in total. The van der Waals surface area contributed by atoms with Crippen LogP contribution in [-0.2, 0) is 20.9 Å². The highest BCUT2D eigenvalue weighted by Crippen LogP contribution is 2.51. The molecule has 0 unspecified atom stereocenters. The summed E-state index contributed by atoms with van der Waals surface area (Å²) in [6, 6.07) is 7.52. The van der Waals surface area contributed by atoms with Gasteiger partial charge in [-0.15, -0.1) is 0 Å². The zero-order valence-electron chi connectivity index (χ0n) is 12.6. The Morgan fingerprint density at radius 3 is 2.65 bits per heavy atom. The minimum absolute atomic E-state index is 0.111. The van der Waals surface area contributed by atoms with Crippen molar-refractivity contribution in [1.82, 2.24) is 0 Å². The highest BCUT2D eigenvalue weighted by atomic mass is 127. The zero-order valence-corrected chi connectivity index (χ0v) is 14.8. The number of esters is 1. The first kappa shape index (κ1) is 16.9. The number of benzene rings is 1. The zero-order chi connectivity index (χ0) is 16.6. The predicted molar refractivity (Wildman–Crippen MR) is 89.1 cm³/mol. The largest absolute Gasteiger partial charge is 0.497 e. The fourth-order valence-corrected chi connectivity index (χ4v) is 4.44. The molecular formula is C16H19IO6. The summed E-state index contributed by atoms with van der Waals surface area (Å²) in [6.45, 7) is 0.648. The number of aliphatic hydroxyl groups is 2. The Hall–Kier alpha value is -0.900. The standard InChI is InChI=1S/C16H19IO6/c1-21-10-4-2-9(3-5-10)7-22-8-12-11-6-13(18)23-16(17,14(11)19)15(12)20/h2-5,11-12,14-15,19-20H,6-8H2,1H3/t11-,12+,14+,15-,16-/m1/s1. The first-order chi connectivity index (χ1) is 11.0. The van der Waals surface area contributed by atoms with Crippen LogP contribution in [0.4, 0.5) is 0 Å². The first-order valence-corrected chi connectivity index (χ1v) is 8.51. The van der Waals surface area contributed by atoms with Crippen LogP contribution in [0.5, 0.6) is 5.75 Å². The summed E-state index contributed by atoms with van der Waals surface area (Å²) in [4.78, 5) is 11.6. The van der Waals surface area contributed by atoms with Gasteiger partial charge in [0, 0.05) is 11.8 Å². The number of aliphatic hydroxyl groups excluding tert-OH is 2. The molecule has 3 rings (SSSR count). The van der Waals surface area contributed by atoms with Gasteiger partial charge >= 0.3 is 5.97 Å². The molecule has 1 aromatic rings. The third kappa shape index (κ3) is 3.07. The quantitative estimate of drug-likeness (QED) is 0.413. The Balaban J connectivity index is 1.60. The van der Waals surface area contributed by atoms with Crippen molar-refractivity contribution in [2.75, 3.05) is 13.7 Å². The Morgan fingerprint density at radius 2 is 2.00 bits per heavy atom. The number of hydrogen-bond acceptors (Lipinski definition) is 6. The average Bonchev–Trinajstić information content (AvgIpc) is 2.65. The van der Waals surface area contributed by atoms with Crippen LogP contribution in [0.25, 0.3) is 0 Å². The lowest BCUT2D eigenvalue weighted by molar-refractivity contribution is -0.171. The molecule has 1 saturated heterocycles. The number of fused-ring (bicyclic) bond motifs is 2. The van der Waals surface area contributed by atoms with E-state index in [1.54, 1.807) is 7.11 Å². The van der Waals surface area contributed by atoms with Gasteiger partial charge in [0.25, 0.3) is 0 Å². The fourth-order valence-electron chi connectivity index (χ4n) is 3.27. The van der Waals surface area contributed by atoms with Gasteiger partial charge in [0.1, 0.15) is 18.0 Å². The second-order valence-corrected chi connectivity index (χ2v) is 7.64. The second-order valence-electron chi connectivity index (χ2n) is 5.96. The molecule has 6 nitrogen and oxygen atoms in total. The lowest BCUT2D eigenvalue weighted by Crippen LogP contribution is -2.48. The van der Waals surface area contributed by atoms with Gasteiger partial charge in [-0.2, -0.15) is 0 Å². The van der Waals surface area contributed by atoms with E-state index in [2.05, 4.69) is 0 Å². The summed E-state index contributed by atoms with van der Waals surface area (Å²) in [5.74, 6) is -0.267. The van der Waals surface area contributed by atoms with Crippen LogP contribution in [0, 0.1) is 11.8 Å². The average molecular weight is 434 g/mol. The number of ether oxygens (including phenoxy) is 3. The molecule has 23 heavy (non-hydrogen) atoms. The van der Waals surface area contributed by atoms with Crippen LogP contribution < -0.4 is 4.74 Å². The fraction of sp³-hybridized carbons (Fsp3) is 0.562. The SMILES string of the molecule is COc1ccc(COC[C@H]2[C@H]3CC(=O)O[C@@](I)([C@@H]2O)[C@H]3O)cc1. The van der Waals surface area contributed by atoms with Crippen LogP contribution in [0.1, 0.15) is 12.0 Å². The van der Waals surface area contributed by atoms with E-state index in [0.29, 0.717) is 6.61 Å². The maximum atomic E-state index is 11.6. The number of carbonyl (C=O) groups is 1. The van der Waals surface area contributed by atoms with Gasteiger partial charge in [-0.05, 0) is 40.3 Å². The van der Waals surface area contributed by atoms with Gasteiger partial charge in [-0.1, -0.05) is 12.1 Å². The molecule has 5 atom stereocenters. The normalized spacial score (nSPS) is 35.9. The summed E-state index contributed by atoms with van der Waals surface area (Å²) in [6.07, 6.45) is -1.70. The molecular weight excluding hydrogens is 415 g/mol. The molecule has 126 valence electrons. The maximum absolute atomic E-state index is 11.6. The van der Waals surface area contributed by atoms with Gasteiger partial charge in [-0.25, -0.2) is 0 Å². The van der Waals surface area contributed by atoms with E-state index in [1.165, 1.54) is 0 Å². The van der Waals surface area contributed by atoms with E-state index < -0.39 is 15.8 Å². The highest BCUT2D eigenvalue weighted by Gasteiger charge is 2.64. The van der Waals surface area contributed by atoms with Gasteiger partial charge < -0.3 is 24.4 Å². The highest BCUT2D eigenvalue weighted by molar-refractivity contribution is 14.1. The topological polar surface area (TPSA) is 85.2 Å². The molecule has 1 aliphatic carbocycles. The Labute approximate surface area is 147 Å². The van der Waals surface area contributed by atoms with Crippen molar-refractivity contribution in [2.45, 2.75) is 28.8 Å². The molecule has 1 heterocycles. The lowest BCUT2D eigenvalue weighted by atomic mass is 9.91. The number of methoxy groups -OCH3 is 1. The second kappa shape index (κ2) is 6.54. The van der Waals surface area contributed by atoms with E-state index in [-0.39, 0.29) is 30.8 Å². The number of halogens is 1. The van der Waals surface area contributed by atoms with Crippen molar-refractivity contribution in [3.8, 4) is 5.75 Å². The number of alkyl halides is 1. The van der Waals surface area contributed by atoms with Crippen molar-refractivity contribution in [2.24, 2.45) is 11.8 Å². The van der Waals surface area contributed by atoms with Gasteiger partial charge in [0.05, 0.1) is 26.7 Å². The summed E-state index contributed by atoms with van der Waals surface area (Å²) in [5, 5.41) is 20.7. The first-order valence-electron chi connectivity index (χ1n) is 7.43. The molecule has 2 bridgehead atoms. The number of carbonyl (C=O) groups excluding carboxylic acids is 1. The maximum Gasteiger partial charge on any atom is 0.307 e. The van der Waals surface area contributed by atoms with Crippen LogP contribution >= 0.6 is 22.6 Å². The van der Waals surface area contributed by atoms with E-state index in [9.17, 15) is 15.0 Å². The molecule has 7 heteroatoms. The van der Waals surface area contributed by atoms with Crippen LogP contribution in [0.3, 0.4) is 0 Å². The summed E-state index contributed by atoms with van der Waals surface area (Å²) in [5.41, 5.74) is 0.985. The van der Waals surface area contributed by atoms with Crippen LogP contribution in [0.15, 0.2) is 24.3 Å². The van der Waals surface area contributed by atoms with E-state index in [0.717, 1.165) is 11.3 Å². The Bertz CT molecular complexity index is 576. The van der Waals surface area contributed by atoms with E-state index >= 15 is 0 Å². The molecule has 2 aliphatic rings. The van der Waals surface area contributed by atoms with Crippen molar-refractivity contribution in [1.29, 1.82) is 0 Å². The molecule has 1 saturated carbocycles. The van der Waals surface area contributed by atoms with E-state index in [1.807, 2.05) is 46.9 Å². The lowest BCUT2D eigenvalue weighted by Gasteiger charge is -2.33. The summed E-state index contributed by atoms with van der Waals surface area (Å²) >= 11 is 1.84. The summed E-state index contributed by atoms with van der Waals surface area (Å²) in [7, 11) is 1.61. The Morgan fingerprint density at radius 1 is 1.30 bits per heavy atom. The van der Waals surface area contributed by atoms with Crippen molar-refractivity contribution in [3.05, 3.63) is 29.8 Å². The molecule has 0 aromatic heterocycles. The molecule has 0 spiro atoms. The smallest absolute Gasteiger partial charge is 0.307 e. The van der Waals surface area contributed by atoms with Crippen LogP contribution in [0.2, 0.25) is 0 Å². The third-order valence-electron chi connectivity index (χ3n) is 4.58. The summed E-state index contributed by atoms with van der Waals surface area (Å²) < 4.78 is 14.7. The van der Waals surface area contributed by atoms with Gasteiger partial charge in [0.15, 0.2) is 0 Å². The van der Waals surface area contributed by atoms with Crippen molar-refractivity contribution >= 4 is 28.6 Å². The molecule has 0 radical (unpaired) electrons. The van der Waals surface area contributed by atoms with Gasteiger partial charge in [0.2, 0.25) is 3.61 Å². The molecule has 2 fully saturated rings. The van der Waals surface area contributed by atoms with E-state index in [4.69, 9.17) is 14.2 Å².